The smallest absolute Gasteiger partial charge is 0.223 e. The summed E-state index contributed by atoms with van der Waals surface area (Å²) in [4.78, 5) is 30.8. The van der Waals surface area contributed by atoms with E-state index in [0.717, 1.165) is 17.0 Å². The van der Waals surface area contributed by atoms with Crippen LogP contribution in [-0.4, -0.2) is 34.6 Å². The van der Waals surface area contributed by atoms with Gasteiger partial charge in [0.15, 0.2) is 6.29 Å². The van der Waals surface area contributed by atoms with Crippen LogP contribution >= 0.6 is 0 Å². The first-order chi connectivity index (χ1) is 13.3. The third-order valence-electron chi connectivity index (χ3n) is 4.24. The number of hydrogen-bond acceptors (Lipinski definition) is 5. The van der Waals surface area contributed by atoms with Crippen LogP contribution in [0.5, 0.6) is 0 Å². The molecule has 0 bridgehead atoms. The van der Waals surface area contributed by atoms with Gasteiger partial charge in [-0.05, 0) is 17.7 Å². The third kappa shape index (κ3) is 4.34. The second kappa shape index (κ2) is 7.61. The number of imidazole rings is 1. The predicted octanol–water partition coefficient (Wildman–Crippen LogP) is 2.42. The molecule has 2 aromatic rings. The second-order valence-electron chi connectivity index (χ2n) is 7.45. The molecule has 1 saturated heterocycles. The summed E-state index contributed by atoms with van der Waals surface area (Å²) in [5.74, 6) is -0.636. The Balaban J connectivity index is 1.99. The van der Waals surface area contributed by atoms with E-state index in [9.17, 15) is 9.59 Å². The lowest BCUT2D eigenvalue weighted by Gasteiger charge is -2.29. The summed E-state index contributed by atoms with van der Waals surface area (Å²) < 4.78 is 8.65. The number of rotatable bonds is 4. The Morgan fingerprint density at radius 1 is 1.30 bits per heavy atom. The van der Waals surface area contributed by atoms with Crippen LogP contribution in [0, 0.1) is 0 Å². The normalized spacial score (nSPS) is 21.1. The number of aromatic amines is 1. The lowest BCUT2D eigenvalue weighted by atomic mass is 9.90. The van der Waals surface area contributed by atoms with Gasteiger partial charge in [-0.3, -0.25) is 9.59 Å². The van der Waals surface area contributed by atoms with E-state index in [2.05, 4.69) is 20.6 Å². The van der Waals surface area contributed by atoms with Gasteiger partial charge in [-0.2, -0.15) is 0 Å². The fourth-order valence-electron chi connectivity index (χ4n) is 2.93. The Morgan fingerprint density at radius 2 is 2.04 bits per heavy atom. The summed E-state index contributed by atoms with van der Waals surface area (Å²) >= 11 is 0. The number of hydrogen-bond donors (Lipinski definition) is 3. The summed E-state index contributed by atoms with van der Waals surface area (Å²) in [5.41, 5.74) is 3.10. The van der Waals surface area contributed by atoms with Crippen molar-refractivity contribution in [2.24, 2.45) is 0 Å². The fourth-order valence-corrected chi connectivity index (χ4v) is 2.93. The summed E-state index contributed by atoms with van der Waals surface area (Å²) in [6.07, 6.45) is 3.74. The van der Waals surface area contributed by atoms with Crippen LogP contribution in [0.4, 0.5) is 0 Å². The SMILES string of the molecule is [2H]/C(=C1/NC/C(=C/c2ccccc2)NC1C(=O)C=O)c1[nH]cnc1C(C)(C)C. The minimum atomic E-state index is -0.940. The van der Waals surface area contributed by atoms with Gasteiger partial charge in [0.25, 0.3) is 0 Å². The lowest BCUT2D eigenvalue weighted by Crippen LogP contribution is -2.49. The van der Waals surface area contributed by atoms with Crippen molar-refractivity contribution in [3.8, 4) is 0 Å². The molecule has 0 radical (unpaired) electrons. The maximum absolute atomic E-state index is 12.3. The van der Waals surface area contributed by atoms with E-state index in [1.54, 1.807) is 6.33 Å². The van der Waals surface area contributed by atoms with Crippen LogP contribution in [0.15, 0.2) is 48.1 Å². The number of carbonyl (C=O) groups excluding carboxylic acids is 2. The molecule has 6 nitrogen and oxygen atoms in total. The number of benzene rings is 1. The highest BCUT2D eigenvalue weighted by molar-refractivity contribution is 6.28. The van der Waals surface area contributed by atoms with Crippen LogP contribution in [-0.2, 0) is 15.0 Å². The number of aromatic nitrogens is 2. The average Bonchev–Trinajstić information content (AvgIpc) is 3.18. The molecule has 0 amide bonds. The van der Waals surface area contributed by atoms with Gasteiger partial charge >= 0.3 is 0 Å². The number of H-pyrrole nitrogens is 1. The molecule has 1 aromatic carbocycles. The van der Waals surface area contributed by atoms with Crippen LogP contribution < -0.4 is 10.6 Å². The van der Waals surface area contributed by atoms with Gasteiger partial charge in [-0.15, -0.1) is 0 Å². The molecule has 140 valence electrons. The number of piperazine rings is 1. The number of Topliss-reactive ketones (excluding diaryl/α,β-unsaturated/α-hetero) is 1. The molecular weight excluding hydrogens is 340 g/mol. The Kier molecular flexibility index (Phi) is 4.87. The van der Waals surface area contributed by atoms with Crippen LogP contribution in [0.25, 0.3) is 12.1 Å². The van der Waals surface area contributed by atoms with Crippen molar-refractivity contribution in [3.63, 3.8) is 0 Å². The quantitative estimate of drug-likeness (QED) is 0.572. The van der Waals surface area contributed by atoms with Gasteiger partial charge in [0.2, 0.25) is 5.78 Å². The van der Waals surface area contributed by atoms with Gasteiger partial charge in [0.1, 0.15) is 6.04 Å². The molecule has 3 rings (SSSR count). The second-order valence-corrected chi connectivity index (χ2v) is 7.45. The van der Waals surface area contributed by atoms with Crippen molar-refractivity contribution >= 4 is 24.2 Å². The van der Waals surface area contributed by atoms with Crippen molar-refractivity contribution in [1.29, 1.82) is 0 Å². The zero-order chi connectivity index (χ0) is 20.3. The number of nitrogens with one attached hydrogen (secondary N) is 3. The molecule has 0 saturated carbocycles. The van der Waals surface area contributed by atoms with Crippen LogP contribution in [0.3, 0.4) is 0 Å². The number of ketones is 1. The number of carbonyl (C=O) groups is 2. The van der Waals surface area contributed by atoms with Crippen molar-refractivity contribution in [3.05, 3.63) is 65.0 Å². The molecule has 1 aromatic heterocycles. The van der Waals surface area contributed by atoms with E-state index in [1.807, 2.05) is 57.2 Å². The molecule has 2 heterocycles. The van der Waals surface area contributed by atoms with E-state index in [4.69, 9.17) is 1.37 Å². The van der Waals surface area contributed by atoms with E-state index in [0.29, 0.717) is 17.9 Å². The van der Waals surface area contributed by atoms with E-state index < -0.39 is 11.8 Å². The molecule has 3 N–H and O–H groups in total. The number of aldehydes is 1. The van der Waals surface area contributed by atoms with Crippen molar-refractivity contribution in [1.82, 2.24) is 20.6 Å². The maximum Gasteiger partial charge on any atom is 0.223 e. The highest BCUT2D eigenvalue weighted by Gasteiger charge is 2.28. The summed E-state index contributed by atoms with van der Waals surface area (Å²) in [5, 5.41) is 6.26. The van der Waals surface area contributed by atoms with E-state index >= 15 is 0 Å². The van der Waals surface area contributed by atoms with E-state index in [1.165, 1.54) is 0 Å². The number of nitrogens with zero attached hydrogens (tertiary/aromatic N) is 1. The molecule has 1 aliphatic rings. The summed E-state index contributed by atoms with van der Waals surface area (Å²) in [6.45, 7) is 6.43. The third-order valence-corrected chi connectivity index (χ3v) is 4.24. The molecule has 1 fully saturated rings. The minimum Gasteiger partial charge on any atom is -0.381 e. The topological polar surface area (TPSA) is 86.9 Å². The van der Waals surface area contributed by atoms with Gasteiger partial charge in [0, 0.05) is 16.8 Å². The zero-order valence-corrected chi connectivity index (χ0v) is 15.7. The van der Waals surface area contributed by atoms with Gasteiger partial charge in [0.05, 0.1) is 25.6 Å². The van der Waals surface area contributed by atoms with E-state index in [-0.39, 0.29) is 17.8 Å². The minimum absolute atomic E-state index is 0.119. The Hall–Kier alpha value is -3.15. The zero-order valence-electron chi connectivity index (χ0n) is 16.7. The van der Waals surface area contributed by atoms with Crippen molar-refractivity contribution in [2.75, 3.05) is 6.54 Å². The van der Waals surface area contributed by atoms with Crippen LogP contribution in [0.2, 0.25) is 0 Å². The largest absolute Gasteiger partial charge is 0.381 e. The first-order valence-corrected chi connectivity index (χ1v) is 8.81. The van der Waals surface area contributed by atoms with Crippen molar-refractivity contribution < 1.29 is 11.0 Å². The monoisotopic (exact) mass is 365 g/mol. The first-order valence-electron chi connectivity index (χ1n) is 9.31. The molecule has 0 spiro atoms. The predicted molar refractivity (Wildman–Crippen MR) is 106 cm³/mol. The highest BCUT2D eigenvalue weighted by Crippen LogP contribution is 2.25. The highest BCUT2D eigenvalue weighted by atomic mass is 16.2. The van der Waals surface area contributed by atoms with Crippen LogP contribution in [0.1, 0.15) is 39.1 Å². The van der Waals surface area contributed by atoms with Gasteiger partial charge in [-0.25, -0.2) is 4.98 Å². The summed E-state index contributed by atoms with van der Waals surface area (Å²) in [6, 6.07) is 8.86. The maximum atomic E-state index is 12.3. The Morgan fingerprint density at radius 3 is 2.70 bits per heavy atom. The first kappa shape index (κ1) is 17.3. The molecule has 0 aliphatic carbocycles. The lowest BCUT2D eigenvalue weighted by molar-refractivity contribution is -0.130. The molecule has 27 heavy (non-hydrogen) atoms. The molecule has 1 unspecified atom stereocenters. The summed E-state index contributed by atoms with van der Waals surface area (Å²) in [7, 11) is 0. The Bertz CT molecular complexity index is 939. The molecular formula is C21H24N4O2. The average molecular weight is 365 g/mol. The molecule has 1 atom stereocenters. The van der Waals surface area contributed by atoms with Gasteiger partial charge < -0.3 is 15.6 Å². The van der Waals surface area contributed by atoms with Gasteiger partial charge in [-0.1, -0.05) is 51.1 Å². The molecule has 6 heteroatoms. The standard InChI is InChI=1S/C21H24N4O2/c1-21(2,3)20-17(23-13-24-20)10-16-19(18(27)12-26)25-15(11-22-16)9-14-7-5-4-6-8-14/h4-10,12-13,19,22,25H,11H2,1-3H3,(H,23,24)/b15-9-,16-10-/i10D. The molecule has 1 aliphatic heterocycles. The van der Waals surface area contributed by atoms with Crippen molar-refractivity contribution in [2.45, 2.75) is 32.2 Å². The fraction of sp³-hybridized carbons (Fsp3) is 0.286. The Labute approximate surface area is 160 Å².